The van der Waals surface area contributed by atoms with Crippen molar-refractivity contribution >= 4 is 21.5 Å². The third kappa shape index (κ3) is 5.39. The first-order chi connectivity index (χ1) is 17.5. The average Bonchev–Trinajstić information content (AvgIpc) is 3.53. The Kier molecular flexibility index (Phi) is 9.39. The molecule has 0 bridgehead atoms. The predicted molar refractivity (Wildman–Crippen MR) is 169 cm³/mol. The van der Waals surface area contributed by atoms with Crippen molar-refractivity contribution < 1.29 is 25.8 Å². The summed E-state index contributed by atoms with van der Waals surface area (Å²) in [5.74, 6) is 0. The van der Waals surface area contributed by atoms with E-state index in [-0.39, 0.29) is 46.1 Å². The summed E-state index contributed by atoms with van der Waals surface area (Å²) in [6.45, 7) is 9.06. The molecule has 194 valence electrons. The van der Waals surface area contributed by atoms with Gasteiger partial charge in [-0.25, -0.2) is 0 Å². The summed E-state index contributed by atoms with van der Waals surface area (Å²) >= 11 is 0. The Morgan fingerprint density at radius 2 is 1.00 bits per heavy atom. The normalized spacial score (nSPS) is 11.1. The average molecular weight is 673 g/mol. The molecule has 0 atom stereocenters. The van der Waals surface area contributed by atoms with E-state index in [4.69, 9.17) is 0 Å². The predicted octanol–water partition coefficient (Wildman–Crippen LogP) is 11.0. The smallest absolute Gasteiger partial charge is 0.358 e. The third-order valence-corrected chi connectivity index (χ3v) is 8.14. The molecule has 0 aliphatic heterocycles. The van der Waals surface area contributed by atoms with Crippen molar-refractivity contribution in [2.24, 2.45) is 0 Å². The molecule has 0 aromatic heterocycles. The van der Waals surface area contributed by atoms with Crippen LogP contribution >= 0.6 is 0 Å². The van der Waals surface area contributed by atoms with Gasteiger partial charge in [-0.1, -0.05) is 96.8 Å². The zero-order chi connectivity index (χ0) is 24.9. The molecule has 0 aliphatic rings. The van der Waals surface area contributed by atoms with Crippen molar-refractivity contribution in [2.75, 3.05) is 0 Å². The van der Waals surface area contributed by atoms with Gasteiger partial charge in [-0.05, 0) is 36.8 Å². The van der Waals surface area contributed by atoms with Gasteiger partial charge < -0.3 is 14.9 Å². The Balaban J connectivity index is 0.00000140. The molecule has 0 unspecified atom stereocenters. The maximum absolute atomic E-state index is 2.44. The fourth-order valence-corrected chi connectivity index (χ4v) is 5.81. The Hall–Kier alpha value is -3.03. The van der Waals surface area contributed by atoms with Crippen LogP contribution in [0.25, 0.3) is 43.8 Å². The van der Waals surface area contributed by atoms with Gasteiger partial charge in [0, 0.05) is 0 Å². The Bertz CT molecular complexity index is 1580. The van der Waals surface area contributed by atoms with Gasteiger partial charge in [-0.3, -0.25) is 0 Å². The zero-order valence-electron chi connectivity index (χ0n) is 24.1. The number of hydrogen-bond donors (Lipinski definition) is 0. The van der Waals surface area contributed by atoms with Gasteiger partial charge in [0.1, 0.15) is 0 Å². The summed E-state index contributed by atoms with van der Waals surface area (Å²) in [7, 11) is 0. The summed E-state index contributed by atoms with van der Waals surface area (Å²) in [4.78, 5) is 0. The minimum Gasteiger partial charge on any atom is -0.358 e. The summed E-state index contributed by atoms with van der Waals surface area (Å²) in [6, 6.07) is 40.8. The van der Waals surface area contributed by atoms with E-state index >= 15 is 0 Å². The van der Waals surface area contributed by atoms with Crippen LogP contribution in [-0.4, -0.2) is 0 Å². The third-order valence-electron chi connectivity index (χ3n) is 8.14. The molecule has 0 saturated heterocycles. The molecule has 0 N–H and O–H groups in total. The quantitative estimate of drug-likeness (QED) is 0.126. The van der Waals surface area contributed by atoms with E-state index in [1.165, 1.54) is 66.1 Å². The van der Waals surface area contributed by atoms with Gasteiger partial charge in [0.25, 0.3) is 0 Å². The molecular weight excluding hydrogens is 635 g/mol. The van der Waals surface area contributed by atoms with Crippen LogP contribution < -0.4 is 0 Å². The van der Waals surface area contributed by atoms with Crippen molar-refractivity contribution in [2.45, 2.75) is 39.5 Å². The Morgan fingerprint density at radius 1 is 0.590 bits per heavy atom. The van der Waals surface area contributed by atoms with Gasteiger partial charge >= 0.3 is 25.8 Å². The molecule has 0 saturated carbocycles. The fourth-order valence-electron chi connectivity index (χ4n) is 5.81. The summed E-state index contributed by atoms with van der Waals surface area (Å²) in [6.07, 6.45) is 1.04. The van der Waals surface area contributed by atoms with Crippen molar-refractivity contribution in [3.05, 3.63) is 146 Å². The molecule has 0 nitrogen and oxygen atoms in total. The second-order valence-electron chi connectivity index (χ2n) is 10.5. The van der Waals surface area contributed by atoms with Crippen molar-refractivity contribution in [1.29, 1.82) is 0 Å². The van der Waals surface area contributed by atoms with Crippen LogP contribution in [0.3, 0.4) is 0 Å². The van der Waals surface area contributed by atoms with E-state index in [1.807, 2.05) is 0 Å². The van der Waals surface area contributed by atoms with Gasteiger partial charge in [0.15, 0.2) is 0 Å². The Morgan fingerprint density at radius 3 is 1.38 bits per heavy atom. The van der Waals surface area contributed by atoms with Gasteiger partial charge in [0.2, 0.25) is 0 Å². The molecular formula is C38H38Hf. The van der Waals surface area contributed by atoms with Gasteiger partial charge in [0.05, 0.1) is 0 Å². The number of hydrogen-bond acceptors (Lipinski definition) is 0. The SMILES string of the molecule is CCC(C)(c1cc2c(-c3cccc(C)c3)cccc2[cH-]1)c1cc2c(-c3cccc(C)c3)cccc2[cH-]1.[CH3-].[CH3-].[Hf+4]. The van der Waals surface area contributed by atoms with Crippen molar-refractivity contribution in [3.8, 4) is 22.3 Å². The molecule has 6 aromatic rings. The van der Waals surface area contributed by atoms with Crippen molar-refractivity contribution in [1.82, 2.24) is 0 Å². The molecule has 0 fully saturated rings. The van der Waals surface area contributed by atoms with Crippen LogP contribution in [-0.2, 0) is 31.3 Å². The van der Waals surface area contributed by atoms with E-state index in [0.29, 0.717) is 0 Å². The van der Waals surface area contributed by atoms with Crippen LogP contribution in [0.4, 0.5) is 0 Å². The topological polar surface area (TPSA) is 0 Å². The maximum Gasteiger partial charge on any atom is 4.00 e. The molecule has 0 heterocycles. The standard InChI is InChI=1S/C36H32.2CH3.Hf/c1-5-36(4,30-20-28-14-8-16-32(34(28)22-30)26-12-6-10-24(2)18-26)31-21-29-15-9-17-33(35(29)23-31)27-13-7-11-25(3)19-27;;;/h6-23H,5H2,1-4H3;2*1H3;/q-2;2*-1;+4. The maximum atomic E-state index is 2.44. The van der Waals surface area contributed by atoms with Crippen LogP contribution in [0, 0.1) is 28.7 Å². The summed E-state index contributed by atoms with van der Waals surface area (Å²) in [5.41, 5.74) is 10.5. The van der Waals surface area contributed by atoms with Crippen LogP contribution in [0.2, 0.25) is 0 Å². The molecule has 0 aliphatic carbocycles. The Labute approximate surface area is 254 Å². The monoisotopic (exact) mass is 674 g/mol. The molecule has 6 rings (SSSR count). The van der Waals surface area contributed by atoms with E-state index in [1.54, 1.807) is 0 Å². The first-order valence-corrected chi connectivity index (χ1v) is 13.0. The molecule has 0 spiro atoms. The second-order valence-corrected chi connectivity index (χ2v) is 10.5. The second kappa shape index (κ2) is 12.0. The van der Waals surface area contributed by atoms with Crippen LogP contribution in [0.5, 0.6) is 0 Å². The molecule has 0 amide bonds. The number of rotatable bonds is 5. The van der Waals surface area contributed by atoms with E-state index in [9.17, 15) is 0 Å². The number of benzene rings is 4. The van der Waals surface area contributed by atoms with E-state index < -0.39 is 0 Å². The number of aryl methyl sites for hydroxylation is 2. The van der Waals surface area contributed by atoms with Crippen LogP contribution in [0.1, 0.15) is 42.5 Å². The largest absolute Gasteiger partial charge is 4.00 e. The first kappa shape index (κ1) is 30.5. The molecule has 6 aromatic carbocycles. The van der Waals surface area contributed by atoms with Gasteiger partial charge in [-0.15, -0.1) is 69.1 Å². The minimum absolute atomic E-state index is 0. The number of fused-ring (bicyclic) bond motifs is 2. The molecule has 39 heavy (non-hydrogen) atoms. The van der Waals surface area contributed by atoms with Crippen molar-refractivity contribution in [3.63, 3.8) is 0 Å². The minimum atomic E-state index is -0.0637. The van der Waals surface area contributed by atoms with E-state index in [0.717, 1.165) is 6.42 Å². The fraction of sp³-hybridized carbons (Fsp3) is 0.158. The van der Waals surface area contributed by atoms with Crippen LogP contribution in [0.15, 0.2) is 109 Å². The molecule has 1 heteroatoms. The summed E-state index contributed by atoms with van der Waals surface area (Å²) in [5, 5.41) is 5.32. The van der Waals surface area contributed by atoms with Gasteiger partial charge in [-0.2, -0.15) is 12.1 Å². The zero-order valence-corrected chi connectivity index (χ0v) is 27.7. The van der Waals surface area contributed by atoms with E-state index in [2.05, 4.69) is 137 Å². The first-order valence-electron chi connectivity index (χ1n) is 13.0. The summed E-state index contributed by atoms with van der Waals surface area (Å²) < 4.78 is 0. The molecule has 0 radical (unpaired) electrons.